The molecule has 0 aromatic heterocycles. The van der Waals surface area contributed by atoms with E-state index in [2.05, 4.69) is 23.7 Å². The first-order chi connectivity index (χ1) is 23.3. The molecule has 1 heterocycles. The van der Waals surface area contributed by atoms with E-state index in [0.717, 1.165) is 38.9 Å². The van der Waals surface area contributed by atoms with Crippen molar-refractivity contribution in [3.05, 3.63) is 144 Å². The lowest BCUT2D eigenvalue weighted by molar-refractivity contribution is -0.276. The normalized spacial score (nSPS) is 20.5. The molecule has 0 aliphatic carbocycles. The fourth-order valence-corrected chi connectivity index (χ4v) is 6.08. The van der Waals surface area contributed by atoms with Crippen molar-refractivity contribution in [1.29, 1.82) is 0 Å². The van der Waals surface area contributed by atoms with E-state index in [1.54, 1.807) is 0 Å². The Bertz CT molecular complexity index is 1610. The van der Waals surface area contributed by atoms with Crippen molar-refractivity contribution < 1.29 is 29.2 Å². The minimum Gasteiger partial charge on any atom is -0.445 e. The summed E-state index contributed by atoms with van der Waals surface area (Å²) in [5.74, 6) is 0.00145. The third-order valence-electron chi connectivity index (χ3n) is 9.15. The highest BCUT2D eigenvalue weighted by atomic mass is 16.7. The fraction of sp³-hybridized carbons (Fsp3) is 0.325. The second-order valence-corrected chi connectivity index (χ2v) is 12.4. The van der Waals surface area contributed by atoms with E-state index in [1.807, 2.05) is 117 Å². The average Bonchev–Trinajstić information content (AvgIpc) is 3.13. The smallest absolute Gasteiger partial charge is 0.407 e. The van der Waals surface area contributed by atoms with E-state index in [4.69, 9.17) is 14.2 Å². The van der Waals surface area contributed by atoms with E-state index < -0.39 is 18.5 Å². The Morgan fingerprint density at radius 3 is 2.31 bits per heavy atom. The number of hydrogen-bond donors (Lipinski definition) is 3. The molecule has 6 atom stereocenters. The maximum Gasteiger partial charge on any atom is 0.407 e. The maximum atomic E-state index is 12.0. The third-order valence-corrected chi connectivity index (χ3v) is 9.15. The Hall–Kier alpha value is -4.31. The third kappa shape index (κ3) is 8.58. The molecule has 0 radical (unpaired) electrons. The molecular weight excluding hydrogens is 604 g/mol. The number of nitrogens with one attached hydrogen (secondary N) is 1. The van der Waals surface area contributed by atoms with Crippen molar-refractivity contribution in [1.82, 2.24) is 10.2 Å². The summed E-state index contributed by atoms with van der Waals surface area (Å²) in [7, 11) is 2.02. The molecular formula is C40H46N2O6. The van der Waals surface area contributed by atoms with Gasteiger partial charge in [-0.15, -0.1) is 0 Å². The van der Waals surface area contributed by atoms with Gasteiger partial charge in [0.05, 0.1) is 24.9 Å². The van der Waals surface area contributed by atoms with Crippen molar-refractivity contribution in [2.24, 2.45) is 5.92 Å². The summed E-state index contributed by atoms with van der Waals surface area (Å²) in [5, 5.41) is 23.5. The first-order valence-corrected chi connectivity index (χ1v) is 16.4. The molecule has 4 aromatic carbocycles. The monoisotopic (exact) mass is 650 g/mol. The second kappa shape index (κ2) is 16.7. The van der Waals surface area contributed by atoms with Crippen LogP contribution in [0.1, 0.15) is 60.2 Å². The van der Waals surface area contributed by atoms with Crippen LogP contribution in [0.25, 0.3) is 11.1 Å². The van der Waals surface area contributed by atoms with Crippen LogP contribution in [-0.4, -0.2) is 53.6 Å². The molecule has 0 unspecified atom stereocenters. The first-order valence-electron chi connectivity index (χ1n) is 16.4. The molecule has 252 valence electrons. The number of carbonyl (C=O) groups is 1. The number of ether oxygens (including phenoxy) is 3. The van der Waals surface area contributed by atoms with Crippen LogP contribution in [0.4, 0.5) is 4.79 Å². The molecule has 1 aliphatic heterocycles. The van der Waals surface area contributed by atoms with Crippen molar-refractivity contribution >= 4 is 6.09 Å². The Labute approximate surface area is 283 Å². The van der Waals surface area contributed by atoms with Crippen LogP contribution in [0.2, 0.25) is 0 Å². The number of benzene rings is 4. The number of amides is 1. The summed E-state index contributed by atoms with van der Waals surface area (Å²) in [5.41, 5.74) is 6.58. The molecule has 48 heavy (non-hydrogen) atoms. The largest absolute Gasteiger partial charge is 0.445 e. The SMILES string of the molecule is C=CCOC(=O)NCc1ccccc1-c1ccc([C@H]2O[C@@H](CN(C)[C@@H](C)[C@H](O)c3ccccc3)[C@@H](C)[C@@H](c3ccc(CO)cc3)O2)cc1. The Morgan fingerprint density at radius 2 is 1.62 bits per heavy atom. The standard InChI is InChI=1S/C40H46N2O6/c1-5-23-46-40(45)41-24-34-13-9-10-14-35(34)30-19-21-33(22-20-30)39-47-36(25-42(4)28(3)37(44)31-11-7-6-8-12-31)27(2)38(48-39)32-17-15-29(26-43)16-18-32/h5-22,27-28,36-39,43-44H,1,23-26H2,2-4H3,(H,41,45)/t27-,28+,36+,37+,38+,39+/m1/s1. The number of likely N-dealkylation sites (N-methyl/N-ethyl adjacent to an activating group) is 1. The predicted octanol–water partition coefficient (Wildman–Crippen LogP) is 7.10. The van der Waals surface area contributed by atoms with Crippen LogP contribution < -0.4 is 5.32 Å². The number of hydrogen-bond acceptors (Lipinski definition) is 7. The van der Waals surface area contributed by atoms with E-state index in [1.165, 1.54) is 6.08 Å². The van der Waals surface area contributed by atoms with Gasteiger partial charge in [-0.05, 0) is 47.4 Å². The zero-order valence-corrected chi connectivity index (χ0v) is 27.9. The quantitative estimate of drug-likeness (QED) is 0.133. The number of aliphatic hydroxyl groups is 2. The summed E-state index contributed by atoms with van der Waals surface area (Å²) in [6, 6.07) is 33.5. The maximum absolute atomic E-state index is 12.0. The molecule has 1 aliphatic rings. The van der Waals surface area contributed by atoms with Crippen LogP contribution in [0.3, 0.4) is 0 Å². The molecule has 1 amide bonds. The highest BCUT2D eigenvalue weighted by Gasteiger charge is 2.39. The lowest BCUT2D eigenvalue weighted by Crippen LogP contribution is -2.46. The van der Waals surface area contributed by atoms with Crippen molar-refractivity contribution in [2.75, 3.05) is 20.2 Å². The Morgan fingerprint density at radius 1 is 0.958 bits per heavy atom. The van der Waals surface area contributed by atoms with E-state index >= 15 is 0 Å². The van der Waals surface area contributed by atoms with Gasteiger partial charge in [0.15, 0.2) is 6.29 Å². The first kappa shape index (κ1) is 35.0. The fourth-order valence-electron chi connectivity index (χ4n) is 6.08. The lowest BCUT2D eigenvalue weighted by Gasteiger charge is -2.43. The number of aliphatic hydroxyl groups excluding tert-OH is 2. The summed E-state index contributed by atoms with van der Waals surface area (Å²) in [4.78, 5) is 14.2. The topological polar surface area (TPSA) is 100 Å². The Kier molecular flexibility index (Phi) is 12.2. The number of nitrogens with zero attached hydrogens (tertiary/aromatic N) is 1. The summed E-state index contributed by atoms with van der Waals surface area (Å²) in [6.45, 7) is 8.78. The minimum atomic E-state index is -0.646. The Balaban J connectivity index is 1.36. The van der Waals surface area contributed by atoms with Gasteiger partial charge in [0.1, 0.15) is 6.61 Å². The molecule has 1 fully saturated rings. The summed E-state index contributed by atoms with van der Waals surface area (Å²) < 4.78 is 18.4. The predicted molar refractivity (Wildman–Crippen MR) is 187 cm³/mol. The zero-order valence-electron chi connectivity index (χ0n) is 27.9. The van der Waals surface area contributed by atoms with Crippen LogP contribution in [0.5, 0.6) is 0 Å². The lowest BCUT2D eigenvalue weighted by atomic mass is 9.89. The van der Waals surface area contributed by atoms with Gasteiger partial charge in [-0.2, -0.15) is 0 Å². The number of carbonyl (C=O) groups excluding carboxylic acids is 1. The van der Waals surface area contributed by atoms with Crippen LogP contribution in [0.15, 0.2) is 116 Å². The molecule has 1 saturated heterocycles. The molecule has 5 rings (SSSR count). The second-order valence-electron chi connectivity index (χ2n) is 12.4. The molecule has 0 spiro atoms. The van der Waals surface area contributed by atoms with Gasteiger partial charge >= 0.3 is 6.09 Å². The van der Waals surface area contributed by atoms with Gasteiger partial charge in [-0.1, -0.05) is 123 Å². The molecule has 3 N–H and O–H groups in total. The number of alkyl carbamates (subject to hydrolysis) is 1. The van der Waals surface area contributed by atoms with E-state index in [0.29, 0.717) is 13.1 Å². The number of rotatable bonds is 13. The van der Waals surface area contributed by atoms with Gasteiger partial charge in [-0.3, -0.25) is 4.90 Å². The van der Waals surface area contributed by atoms with Crippen LogP contribution in [-0.2, 0) is 27.4 Å². The van der Waals surface area contributed by atoms with Crippen molar-refractivity contribution in [3.63, 3.8) is 0 Å². The molecule has 0 bridgehead atoms. The zero-order chi connectivity index (χ0) is 34.0. The molecule has 8 nitrogen and oxygen atoms in total. The highest BCUT2D eigenvalue weighted by Crippen LogP contribution is 2.42. The summed E-state index contributed by atoms with van der Waals surface area (Å²) in [6.07, 6.45) is -0.687. The molecule has 4 aromatic rings. The summed E-state index contributed by atoms with van der Waals surface area (Å²) >= 11 is 0. The van der Waals surface area contributed by atoms with Gasteiger partial charge in [0.25, 0.3) is 0 Å². The molecule has 8 heteroatoms. The van der Waals surface area contributed by atoms with Gasteiger partial charge in [0, 0.05) is 30.6 Å². The highest BCUT2D eigenvalue weighted by molar-refractivity contribution is 5.70. The van der Waals surface area contributed by atoms with Crippen LogP contribution >= 0.6 is 0 Å². The van der Waals surface area contributed by atoms with Gasteiger partial charge < -0.3 is 29.7 Å². The van der Waals surface area contributed by atoms with E-state index in [9.17, 15) is 15.0 Å². The van der Waals surface area contributed by atoms with Crippen LogP contribution in [0, 0.1) is 5.92 Å². The molecule has 0 saturated carbocycles. The van der Waals surface area contributed by atoms with Gasteiger partial charge in [-0.25, -0.2) is 4.79 Å². The van der Waals surface area contributed by atoms with Crippen molar-refractivity contribution in [3.8, 4) is 11.1 Å². The van der Waals surface area contributed by atoms with Gasteiger partial charge in [0.2, 0.25) is 0 Å². The van der Waals surface area contributed by atoms with Crippen molar-refractivity contribution in [2.45, 2.75) is 57.6 Å². The average molecular weight is 651 g/mol. The minimum absolute atomic E-state index is 0.00145. The van der Waals surface area contributed by atoms with E-state index in [-0.39, 0.29) is 37.4 Å².